The number of likely N-dealkylation sites (N-methyl/N-ethyl adjacent to an activating group) is 1. The number of amides is 2. The minimum atomic E-state index is -0.184. The molecule has 1 heterocycles. The minimum Gasteiger partial charge on any atom is -0.355 e. The van der Waals surface area contributed by atoms with E-state index >= 15 is 0 Å². The molecule has 0 saturated carbocycles. The van der Waals surface area contributed by atoms with Crippen molar-refractivity contribution in [3.05, 3.63) is 96.7 Å². The highest BCUT2D eigenvalue weighted by Gasteiger charge is 2.12. The largest absolute Gasteiger partial charge is 0.355 e. The minimum absolute atomic E-state index is 0.0598. The van der Waals surface area contributed by atoms with Crippen LogP contribution in [0.15, 0.2) is 85.3 Å². The smallest absolute Gasteiger partial charge is 0.276 e. The van der Waals surface area contributed by atoms with Crippen LogP contribution in [0.2, 0.25) is 0 Å². The average Bonchev–Trinajstić information content (AvgIpc) is 2.95. The molecule has 1 aromatic heterocycles. The highest BCUT2D eigenvalue weighted by molar-refractivity contribution is 5.91. The Hall–Kier alpha value is -3.58. The van der Waals surface area contributed by atoms with Gasteiger partial charge in [-0.1, -0.05) is 79.8 Å². The average molecular weight is 563 g/mol. The molecule has 7 heteroatoms. The third kappa shape index (κ3) is 20.0. The zero-order chi connectivity index (χ0) is 30.0. The van der Waals surface area contributed by atoms with Crippen LogP contribution >= 0.6 is 0 Å². The first-order chi connectivity index (χ1) is 19.9. The summed E-state index contributed by atoms with van der Waals surface area (Å²) in [6.45, 7) is 6.61. The predicted octanol–water partition coefficient (Wildman–Crippen LogP) is 5.47. The summed E-state index contributed by atoms with van der Waals surface area (Å²) in [6, 6.07) is 0. The Morgan fingerprint density at radius 3 is 1.80 bits per heavy atom. The van der Waals surface area contributed by atoms with Crippen molar-refractivity contribution < 1.29 is 14.2 Å². The third-order valence-corrected chi connectivity index (χ3v) is 6.22. The molecule has 1 rings (SSSR count). The number of rotatable bonds is 21. The number of allylic oxidation sites excluding steroid dienone is 12. The van der Waals surface area contributed by atoms with Crippen molar-refractivity contribution in [1.82, 2.24) is 20.5 Å². The SMILES string of the molecule is CC/C=C\C/C=C\C/C=C\C/C=C\C/C=C\C/C=C\CCC(=O)NCCN(C)CCNC(=O)c1c[n+](C)c(C)cn1. The van der Waals surface area contributed by atoms with Gasteiger partial charge in [-0.25, -0.2) is 9.55 Å². The lowest BCUT2D eigenvalue weighted by Crippen LogP contribution is -2.39. The molecule has 0 unspecified atom stereocenters. The highest BCUT2D eigenvalue weighted by atomic mass is 16.2. The van der Waals surface area contributed by atoms with Crippen LogP contribution in [0.3, 0.4) is 0 Å². The summed E-state index contributed by atoms with van der Waals surface area (Å²) in [6.07, 6.45) is 36.7. The van der Waals surface area contributed by atoms with Gasteiger partial charge in [0.2, 0.25) is 5.91 Å². The molecular formula is C34H52N5O2+. The summed E-state index contributed by atoms with van der Waals surface area (Å²) in [7, 11) is 3.86. The summed E-state index contributed by atoms with van der Waals surface area (Å²) in [5.41, 5.74) is 1.39. The number of nitrogens with one attached hydrogen (secondary N) is 2. The monoisotopic (exact) mass is 562 g/mol. The highest BCUT2D eigenvalue weighted by Crippen LogP contribution is 1.98. The van der Waals surface area contributed by atoms with Gasteiger partial charge in [0.1, 0.15) is 7.05 Å². The fourth-order valence-corrected chi connectivity index (χ4v) is 3.58. The van der Waals surface area contributed by atoms with Crippen LogP contribution in [-0.2, 0) is 11.8 Å². The van der Waals surface area contributed by atoms with Gasteiger partial charge in [0, 0.05) is 39.5 Å². The molecule has 0 aliphatic rings. The van der Waals surface area contributed by atoms with Crippen molar-refractivity contribution >= 4 is 11.8 Å². The molecule has 0 fully saturated rings. The van der Waals surface area contributed by atoms with E-state index in [1.807, 2.05) is 25.6 Å². The molecule has 7 nitrogen and oxygen atoms in total. The molecule has 0 saturated heterocycles. The number of nitrogens with zero attached hydrogens (tertiary/aromatic N) is 3. The first-order valence-corrected chi connectivity index (χ1v) is 14.9. The Kier molecular flexibility index (Phi) is 21.0. The van der Waals surface area contributed by atoms with Crippen LogP contribution in [0.4, 0.5) is 0 Å². The van der Waals surface area contributed by atoms with E-state index in [0.29, 0.717) is 31.7 Å². The summed E-state index contributed by atoms with van der Waals surface area (Å²) in [4.78, 5) is 30.5. The van der Waals surface area contributed by atoms with E-state index in [2.05, 4.69) is 100 Å². The standard InChI is InChI=1S/C34H51N5O2/c1-5-6-7-8-9-10-11-12-13-14-15-16-17-18-19-20-21-22-23-24-33(40)35-25-27-38(3)28-26-36-34(41)32-30-39(4)31(2)29-37-32/h6-7,9-10,12-13,15-16,18-19,21-22,29-30H,5,8,11,14,17,20,23-28H2,1-4H3,(H-,35,36,40,41)/p+1/b7-6-,10-9-,13-12-,16-15-,19-18-,22-21-. The summed E-state index contributed by atoms with van der Waals surface area (Å²) < 4.78 is 1.87. The quantitative estimate of drug-likeness (QED) is 0.154. The summed E-state index contributed by atoms with van der Waals surface area (Å²) in [5.74, 6) is -0.124. The molecule has 0 aromatic carbocycles. The van der Waals surface area contributed by atoms with Gasteiger partial charge in [-0.05, 0) is 52.0 Å². The van der Waals surface area contributed by atoms with Crippen molar-refractivity contribution in [2.75, 3.05) is 33.2 Å². The number of hydrogen-bond donors (Lipinski definition) is 2. The Bertz CT molecular complexity index is 1050. The molecule has 2 amide bonds. The number of aromatic nitrogens is 2. The molecule has 2 N–H and O–H groups in total. The van der Waals surface area contributed by atoms with E-state index in [0.717, 1.165) is 57.2 Å². The van der Waals surface area contributed by atoms with Crippen LogP contribution in [-0.4, -0.2) is 54.9 Å². The van der Waals surface area contributed by atoms with Gasteiger partial charge in [0.25, 0.3) is 5.91 Å². The predicted molar refractivity (Wildman–Crippen MR) is 170 cm³/mol. The Morgan fingerprint density at radius 1 is 0.805 bits per heavy atom. The van der Waals surface area contributed by atoms with Crippen molar-refractivity contribution in [1.29, 1.82) is 0 Å². The Balaban J connectivity index is 2.01. The lowest BCUT2D eigenvalue weighted by atomic mass is 10.2. The molecule has 41 heavy (non-hydrogen) atoms. The number of carbonyl (C=O) groups is 2. The molecule has 1 aromatic rings. The van der Waals surface area contributed by atoms with Crippen LogP contribution in [0.25, 0.3) is 0 Å². The second-order valence-corrected chi connectivity index (χ2v) is 9.89. The van der Waals surface area contributed by atoms with E-state index < -0.39 is 0 Å². The summed E-state index contributed by atoms with van der Waals surface area (Å²) in [5, 5.41) is 5.85. The van der Waals surface area contributed by atoms with Gasteiger partial charge in [-0.15, -0.1) is 0 Å². The van der Waals surface area contributed by atoms with E-state index in [4.69, 9.17) is 0 Å². The first kappa shape index (κ1) is 35.4. The van der Waals surface area contributed by atoms with E-state index in [1.54, 1.807) is 12.4 Å². The van der Waals surface area contributed by atoms with Gasteiger partial charge in [-0.2, -0.15) is 0 Å². The summed E-state index contributed by atoms with van der Waals surface area (Å²) >= 11 is 0. The van der Waals surface area contributed by atoms with Gasteiger partial charge < -0.3 is 15.5 Å². The Labute approximate surface area is 248 Å². The molecular weight excluding hydrogens is 510 g/mol. The van der Waals surface area contributed by atoms with Gasteiger partial charge in [0.05, 0.1) is 6.20 Å². The molecule has 0 aliphatic carbocycles. The number of hydrogen-bond acceptors (Lipinski definition) is 4. The van der Waals surface area contributed by atoms with Crippen molar-refractivity contribution in [2.24, 2.45) is 7.05 Å². The van der Waals surface area contributed by atoms with Gasteiger partial charge in [0.15, 0.2) is 17.6 Å². The third-order valence-electron chi connectivity index (χ3n) is 6.22. The molecule has 224 valence electrons. The van der Waals surface area contributed by atoms with Crippen molar-refractivity contribution in [3.8, 4) is 0 Å². The second-order valence-electron chi connectivity index (χ2n) is 9.89. The van der Waals surface area contributed by atoms with Crippen LogP contribution in [0.5, 0.6) is 0 Å². The van der Waals surface area contributed by atoms with Crippen molar-refractivity contribution in [3.63, 3.8) is 0 Å². The van der Waals surface area contributed by atoms with E-state index in [1.165, 1.54) is 0 Å². The van der Waals surface area contributed by atoms with Crippen molar-refractivity contribution in [2.45, 2.75) is 65.2 Å². The van der Waals surface area contributed by atoms with Crippen LogP contribution in [0, 0.1) is 6.92 Å². The van der Waals surface area contributed by atoms with Gasteiger partial charge in [-0.3, -0.25) is 9.59 Å². The second kappa shape index (κ2) is 24.2. The molecule has 0 bridgehead atoms. The van der Waals surface area contributed by atoms with E-state index in [-0.39, 0.29) is 11.8 Å². The Morgan fingerprint density at radius 2 is 1.29 bits per heavy atom. The molecule has 0 aliphatic heterocycles. The number of carbonyl (C=O) groups excluding carboxylic acids is 2. The molecule has 0 spiro atoms. The maximum atomic E-state index is 12.2. The maximum absolute atomic E-state index is 12.2. The van der Waals surface area contributed by atoms with Gasteiger partial charge >= 0.3 is 0 Å². The lowest BCUT2D eigenvalue weighted by Gasteiger charge is -2.17. The molecule has 0 atom stereocenters. The maximum Gasteiger partial charge on any atom is 0.276 e. The van der Waals surface area contributed by atoms with E-state index in [9.17, 15) is 9.59 Å². The zero-order valence-electron chi connectivity index (χ0n) is 25.7. The van der Waals surface area contributed by atoms with Crippen LogP contribution in [0.1, 0.15) is 74.5 Å². The number of aryl methyl sites for hydroxylation is 2. The van der Waals surface area contributed by atoms with Crippen LogP contribution < -0.4 is 15.2 Å². The lowest BCUT2D eigenvalue weighted by molar-refractivity contribution is -0.678. The normalized spacial score (nSPS) is 12.4. The first-order valence-electron chi connectivity index (χ1n) is 14.9. The zero-order valence-corrected chi connectivity index (χ0v) is 25.7. The fourth-order valence-electron chi connectivity index (χ4n) is 3.58. The fraction of sp³-hybridized carbons (Fsp3) is 0.471. The molecule has 0 radical (unpaired) electrons. The topological polar surface area (TPSA) is 78.2 Å².